The Bertz CT molecular complexity index is 2660. The molecule has 0 radical (unpaired) electrons. The van der Waals surface area contributed by atoms with Crippen molar-refractivity contribution < 1.29 is 20.5 Å². The molecular weight excluding hydrogens is 881 g/mol. The van der Waals surface area contributed by atoms with Crippen molar-refractivity contribution in [3.8, 4) is 22.5 Å². The molecule has 1 amide bonds. The number of nitrogens with two attached hydrogens (primary N) is 3. The van der Waals surface area contributed by atoms with E-state index in [-0.39, 0.29) is 73.5 Å². The largest absolute Gasteiger partial charge is 0.477 e. The number of aromatic nitrogens is 10. The maximum absolute atomic E-state index is 11.8. The summed E-state index contributed by atoms with van der Waals surface area (Å²) >= 11 is 12.4. The van der Waals surface area contributed by atoms with Gasteiger partial charge in [-0.05, 0) is 26.0 Å². The summed E-state index contributed by atoms with van der Waals surface area (Å²) in [7, 11) is -1.00. The van der Waals surface area contributed by atoms with E-state index in [1.807, 2.05) is 86.6 Å². The highest BCUT2D eigenvalue weighted by atomic mass is 35.5. The highest BCUT2D eigenvalue weighted by molar-refractivity contribution is 7.59. The normalized spacial score (nSPS) is 11.6. The molecule has 0 bridgehead atoms. The monoisotopic (exact) mass is 920 g/mol. The number of amides is 1. The zero-order valence-electron chi connectivity index (χ0n) is 33.7. The van der Waals surface area contributed by atoms with E-state index < -0.39 is 19.0 Å². The number of imidazole rings is 2. The highest BCUT2D eigenvalue weighted by Crippen LogP contribution is 2.33. The summed E-state index contributed by atoms with van der Waals surface area (Å²) in [6.45, 7) is 3.78. The molecule has 0 saturated carbocycles. The number of anilines is 4. The first-order valence-electron chi connectivity index (χ1n) is 18.3. The lowest BCUT2D eigenvalue weighted by molar-refractivity contribution is 0.0698. The fourth-order valence-corrected chi connectivity index (χ4v) is 6.49. The number of halogens is 3. The van der Waals surface area contributed by atoms with Crippen LogP contribution in [0.5, 0.6) is 0 Å². The number of hydrogen-bond donors (Lipinski definition) is 6. The second kappa shape index (κ2) is 21.1. The molecule has 9 N–H and O–H groups in total. The number of aromatic carboxylic acids is 1. The predicted octanol–water partition coefficient (Wildman–Crippen LogP) is 6.80. The molecular formula is C39H40Cl2FN15O3S2. The van der Waals surface area contributed by atoms with Crippen LogP contribution in [-0.4, -0.2) is 73.3 Å². The molecule has 2 aromatic carbocycles. The first-order valence-corrected chi connectivity index (χ1v) is 18.4. The van der Waals surface area contributed by atoms with Crippen LogP contribution in [0.25, 0.3) is 33.8 Å². The maximum Gasteiger partial charge on any atom is 0.343 e. The summed E-state index contributed by atoms with van der Waals surface area (Å²) in [6.07, 6.45) is 5.54. The van der Waals surface area contributed by atoms with E-state index in [0.29, 0.717) is 33.0 Å². The van der Waals surface area contributed by atoms with Crippen LogP contribution < -0.4 is 27.8 Å². The fourth-order valence-electron chi connectivity index (χ4n) is 6.14. The second-order valence-electron chi connectivity index (χ2n) is 12.7. The molecule has 0 aliphatic carbocycles. The van der Waals surface area contributed by atoms with Crippen molar-refractivity contribution in [1.29, 1.82) is 0 Å². The number of nitrogens with one attached hydrogen (secondary N) is 2. The molecule has 0 aliphatic heterocycles. The van der Waals surface area contributed by atoms with Crippen LogP contribution >= 0.6 is 50.2 Å². The lowest BCUT2D eigenvalue weighted by Gasteiger charge is -2.20. The van der Waals surface area contributed by atoms with E-state index in [1.165, 1.54) is 25.0 Å². The summed E-state index contributed by atoms with van der Waals surface area (Å²) in [5.41, 5.74) is 22.8. The van der Waals surface area contributed by atoms with Crippen LogP contribution in [-0.2, 0) is 0 Å². The van der Waals surface area contributed by atoms with E-state index in [9.17, 15) is 19.1 Å². The number of carboxylic acid groups (broad SMARTS) is 1. The fraction of sp³-hybridized carbons (Fsp3) is 0.128. The van der Waals surface area contributed by atoms with Gasteiger partial charge in [0.2, 0.25) is 0 Å². The number of primary amides is 1. The minimum absolute atomic E-state index is 0. The van der Waals surface area contributed by atoms with Gasteiger partial charge in [0.05, 0.1) is 44.4 Å². The van der Waals surface area contributed by atoms with Crippen molar-refractivity contribution in [1.82, 2.24) is 49.1 Å². The average molecular weight is 922 g/mol. The molecule has 6 heterocycles. The van der Waals surface area contributed by atoms with Crippen molar-refractivity contribution in [2.75, 3.05) is 29.3 Å². The smallest absolute Gasteiger partial charge is 0.343 e. The van der Waals surface area contributed by atoms with E-state index in [1.54, 1.807) is 9.03 Å². The number of carbonyl (C=O) groups excluding carboxylic acids is 1. The maximum atomic E-state index is 11.8. The summed E-state index contributed by atoms with van der Waals surface area (Å²) < 4.78 is 18.6. The van der Waals surface area contributed by atoms with Crippen LogP contribution in [0.3, 0.4) is 0 Å². The number of nitrogen functional groups attached to an aromatic ring is 2. The molecule has 62 heavy (non-hydrogen) atoms. The van der Waals surface area contributed by atoms with Crippen molar-refractivity contribution in [3.05, 3.63) is 130 Å². The van der Waals surface area contributed by atoms with Gasteiger partial charge in [0.25, 0.3) is 5.91 Å². The van der Waals surface area contributed by atoms with Gasteiger partial charge in [-0.15, -0.1) is 0 Å². The van der Waals surface area contributed by atoms with Crippen molar-refractivity contribution in [3.63, 3.8) is 0 Å². The molecule has 0 unspecified atom stereocenters. The predicted molar refractivity (Wildman–Crippen MR) is 247 cm³/mol. The molecule has 2 atom stereocenters. The van der Waals surface area contributed by atoms with Crippen molar-refractivity contribution in [2.24, 2.45) is 5.73 Å². The van der Waals surface area contributed by atoms with E-state index >= 15 is 0 Å². The SMILES string of the molecule is C[C@H](Nc1ncnc(N)c1C(=O)O)c1cc2ncc(Cl)n2nc1-c1ccccc1.C[C@H](Nc1ncnc(N)c1C(N)=O)c1cc2ncc(Cl)n2nc1-c1ccccc1.S.S.[2H]CF. The van der Waals surface area contributed by atoms with Crippen LogP contribution in [0.2, 0.25) is 10.3 Å². The number of rotatable bonds is 10. The van der Waals surface area contributed by atoms with Crippen LogP contribution in [0.15, 0.2) is 97.8 Å². The standard InChI is InChI=1S/C19H17ClN8O.C19H16ClN7O2.CH3F.2H2S/c1-10(26-19-15(18(22)29)17(21)24-9-25-19)12-7-14-23-8-13(20)28(14)27-16(12)11-5-3-2-4-6-11;1-10(25-18-15(19(28)29)17(21)23-9-24-18)12-7-14-22-8-13(20)27(14)26-16(12)11-5-3-2-4-6-11;1-2;;/h2-10H,1H3,(H2,22,29)(H3,21,24,25,26);2-10H,1H3,(H,28,29)(H3,21,23,24,25);1H3;2*1H2/t2*10-;;;/m00.../s1/i;;1D;;. The van der Waals surface area contributed by atoms with Crippen molar-refractivity contribution in [2.45, 2.75) is 25.9 Å². The third kappa shape index (κ3) is 10.2. The Labute approximate surface area is 378 Å². The Hall–Kier alpha value is -6.81. The Balaban J connectivity index is 0.000000253. The van der Waals surface area contributed by atoms with Gasteiger partial charge >= 0.3 is 5.97 Å². The van der Waals surface area contributed by atoms with E-state index in [0.717, 1.165) is 22.3 Å². The van der Waals surface area contributed by atoms with Gasteiger partial charge in [-0.2, -0.15) is 37.2 Å². The molecule has 8 aromatic rings. The number of nitrogens with zero attached hydrogens (tertiary/aromatic N) is 10. The first kappa shape index (κ1) is 46.3. The highest BCUT2D eigenvalue weighted by Gasteiger charge is 2.23. The van der Waals surface area contributed by atoms with Gasteiger partial charge < -0.3 is 32.9 Å². The van der Waals surface area contributed by atoms with Crippen molar-refractivity contribution >= 4 is 96.6 Å². The third-order valence-corrected chi connectivity index (χ3v) is 9.42. The molecule has 18 nitrogen and oxygen atoms in total. The summed E-state index contributed by atoms with van der Waals surface area (Å²) in [6, 6.07) is 22.3. The first-order chi connectivity index (χ1) is 29.3. The van der Waals surface area contributed by atoms with Crippen LogP contribution in [0.1, 0.15) is 59.1 Å². The van der Waals surface area contributed by atoms with Gasteiger partial charge in [0.15, 0.2) is 21.6 Å². The molecule has 0 aliphatic rings. The molecule has 0 fully saturated rings. The van der Waals surface area contributed by atoms with Crippen LogP contribution in [0, 0.1) is 0 Å². The Morgan fingerprint density at radius 2 is 1.10 bits per heavy atom. The zero-order chi connectivity index (χ0) is 43.8. The summed E-state index contributed by atoms with van der Waals surface area (Å²) in [5, 5.41) is 25.9. The lowest BCUT2D eigenvalue weighted by atomic mass is 10.0. The quantitative estimate of drug-likeness (QED) is 0.0824. The molecule has 0 saturated heterocycles. The van der Waals surface area contributed by atoms with E-state index in [2.05, 4.69) is 50.7 Å². The van der Waals surface area contributed by atoms with Gasteiger partial charge in [0, 0.05) is 22.3 Å². The Morgan fingerprint density at radius 1 is 0.710 bits per heavy atom. The molecule has 8 rings (SSSR count). The number of alkyl halides is 1. The number of hydrogen-bond acceptors (Lipinski definition) is 14. The number of carboxylic acids is 1. The number of fused-ring (bicyclic) bond motifs is 2. The summed E-state index contributed by atoms with van der Waals surface area (Å²) in [5.74, 6) is -1.65. The Morgan fingerprint density at radius 3 is 1.48 bits per heavy atom. The Kier molecular flexibility index (Phi) is 15.8. The number of carbonyl (C=O) groups is 2. The average Bonchev–Trinajstić information content (AvgIpc) is 3.80. The minimum atomic E-state index is -1.21. The minimum Gasteiger partial charge on any atom is -0.477 e. The van der Waals surface area contributed by atoms with Gasteiger partial charge in [-0.1, -0.05) is 83.9 Å². The molecule has 6 aromatic heterocycles. The molecule has 0 spiro atoms. The van der Waals surface area contributed by atoms with E-state index in [4.69, 9.17) is 41.8 Å². The third-order valence-electron chi connectivity index (χ3n) is 8.91. The zero-order valence-corrected chi connectivity index (χ0v) is 36.2. The van der Waals surface area contributed by atoms with Gasteiger partial charge in [-0.25, -0.2) is 43.7 Å². The molecule has 322 valence electrons. The summed E-state index contributed by atoms with van der Waals surface area (Å²) in [4.78, 5) is 47.7. The van der Waals surface area contributed by atoms with Gasteiger partial charge in [0.1, 0.15) is 47.1 Å². The molecule has 23 heteroatoms. The number of benzene rings is 2. The second-order valence-corrected chi connectivity index (χ2v) is 13.5. The lowest BCUT2D eigenvalue weighted by Crippen LogP contribution is -2.20. The van der Waals surface area contributed by atoms with Gasteiger partial charge in [-0.3, -0.25) is 9.18 Å². The topological polar surface area (TPSA) is 268 Å². The van der Waals surface area contributed by atoms with Crippen LogP contribution in [0.4, 0.5) is 27.7 Å².